The van der Waals surface area contributed by atoms with Gasteiger partial charge in [-0.1, -0.05) is 18.2 Å². The Morgan fingerprint density at radius 1 is 1.05 bits per heavy atom. The number of sulfone groups is 1. The lowest BCUT2D eigenvalue weighted by atomic mass is 10.1. The van der Waals surface area contributed by atoms with Crippen LogP contribution < -0.4 is 4.74 Å². The van der Waals surface area contributed by atoms with Crippen LogP contribution >= 0.6 is 0 Å². The molecule has 0 spiro atoms. The molecular formula is C15H16O4S. The molecule has 0 aromatic heterocycles. The summed E-state index contributed by atoms with van der Waals surface area (Å²) in [7, 11) is -3.21. The average molecular weight is 292 g/mol. The molecule has 0 saturated carbocycles. The van der Waals surface area contributed by atoms with Gasteiger partial charge < -0.3 is 9.84 Å². The molecule has 0 fully saturated rings. The lowest BCUT2D eigenvalue weighted by molar-refractivity contribution is 0.195. The third-order valence-corrected chi connectivity index (χ3v) is 3.98. The third kappa shape index (κ3) is 3.37. The number of aliphatic hydroxyl groups is 1. The standard InChI is InChI=1S/C15H16O4S/c1-11(16)14-5-3-4-6-15(14)19-12-7-9-13(10-8-12)20(2,17)18/h3-11,16H,1-2H3/t11-/m1/s1. The summed E-state index contributed by atoms with van der Waals surface area (Å²) in [6.07, 6.45) is 0.521. The molecule has 0 saturated heterocycles. The first kappa shape index (κ1) is 14.6. The molecular weight excluding hydrogens is 276 g/mol. The molecule has 1 atom stereocenters. The number of benzene rings is 2. The maximum absolute atomic E-state index is 11.4. The molecule has 4 nitrogen and oxygen atoms in total. The van der Waals surface area contributed by atoms with Gasteiger partial charge in [-0.05, 0) is 37.3 Å². The summed E-state index contributed by atoms with van der Waals surface area (Å²) in [5, 5.41) is 9.67. The van der Waals surface area contributed by atoms with Crippen LogP contribution in [0.15, 0.2) is 53.4 Å². The smallest absolute Gasteiger partial charge is 0.175 e. The Bertz CT molecular complexity index is 688. The van der Waals surface area contributed by atoms with Crippen LogP contribution in [0.25, 0.3) is 0 Å². The monoisotopic (exact) mass is 292 g/mol. The molecule has 106 valence electrons. The van der Waals surface area contributed by atoms with Crippen molar-refractivity contribution in [1.29, 1.82) is 0 Å². The summed E-state index contributed by atoms with van der Waals surface area (Å²) >= 11 is 0. The van der Waals surface area contributed by atoms with E-state index in [1.807, 2.05) is 12.1 Å². The number of para-hydroxylation sites is 1. The molecule has 0 bridgehead atoms. The van der Waals surface area contributed by atoms with E-state index >= 15 is 0 Å². The van der Waals surface area contributed by atoms with E-state index in [0.717, 1.165) is 6.26 Å². The normalized spacial score (nSPS) is 12.9. The van der Waals surface area contributed by atoms with E-state index in [0.29, 0.717) is 17.1 Å². The fourth-order valence-electron chi connectivity index (χ4n) is 1.80. The van der Waals surface area contributed by atoms with E-state index in [1.54, 1.807) is 31.2 Å². The van der Waals surface area contributed by atoms with Crippen molar-refractivity contribution in [3.8, 4) is 11.5 Å². The first-order valence-corrected chi connectivity index (χ1v) is 8.02. The molecule has 2 aromatic carbocycles. The number of hydrogen-bond donors (Lipinski definition) is 1. The van der Waals surface area contributed by atoms with Crippen LogP contribution in [0.5, 0.6) is 11.5 Å². The Hall–Kier alpha value is -1.85. The van der Waals surface area contributed by atoms with Gasteiger partial charge in [-0.3, -0.25) is 0 Å². The Morgan fingerprint density at radius 3 is 2.20 bits per heavy atom. The highest BCUT2D eigenvalue weighted by atomic mass is 32.2. The van der Waals surface area contributed by atoms with E-state index < -0.39 is 15.9 Å². The highest BCUT2D eigenvalue weighted by Gasteiger charge is 2.10. The summed E-state index contributed by atoms with van der Waals surface area (Å²) < 4.78 is 28.4. The fourth-order valence-corrected chi connectivity index (χ4v) is 2.43. The predicted octanol–water partition coefficient (Wildman–Crippen LogP) is 2.94. The van der Waals surface area contributed by atoms with Crippen LogP contribution in [0.1, 0.15) is 18.6 Å². The minimum atomic E-state index is -3.21. The van der Waals surface area contributed by atoms with Gasteiger partial charge >= 0.3 is 0 Å². The summed E-state index contributed by atoms with van der Waals surface area (Å²) in [4.78, 5) is 0.244. The third-order valence-electron chi connectivity index (χ3n) is 2.85. The lowest BCUT2D eigenvalue weighted by Gasteiger charge is -2.13. The van der Waals surface area contributed by atoms with Crippen LogP contribution in [0.4, 0.5) is 0 Å². The summed E-state index contributed by atoms with van der Waals surface area (Å²) in [5.41, 5.74) is 0.680. The lowest BCUT2D eigenvalue weighted by Crippen LogP contribution is -1.98. The molecule has 20 heavy (non-hydrogen) atoms. The van der Waals surface area contributed by atoms with Crippen LogP contribution in [0.2, 0.25) is 0 Å². The molecule has 1 N–H and O–H groups in total. The predicted molar refractivity (Wildman–Crippen MR) is 76.7 cm³/mol. The largest absolute Gasteiger partial charge is 0.457 e. The topological polar surface area (TPSA) is 63.6 Å². The van der Waals surface area contributed by atoms with Crippen molar-refractivity contribution in [2.24, 2.45) is 0 Å². The van der Waals surface area contributed by atoms with Gasteiger partial charge in [-0.15, -0.1) is 0 Å². The molecule has 2 rings (SSSR count). The van der Waals surface area contributed by atoms with Gasteiger partial charge in [0.2, 0.25) is 0 Å². The van der Waals surface area contributed by atoms with Gasteiger partial charge in [0.15, 0.2) is 9.84 Å². The second kappa shape index (κ2) is 5.64. The van der Waals surface area contributed by atoms with Crippen LogP contribution in [-0.4, -0.2) is 19.8 Å². The van der Waals surface area contributed by atoms with Gasteiger partial charge in [0.25, 0.3) is 0 Å². The maximum atomic E-state index is 11.4. The molecule has 0 radical (unpaired) electrons. The van der Waals surface area contributed by atoms with Crippen molar-refractivity contribution in [3.05, 3.63) is 54.1 Å². The Balaban J connectivity index is 2.27. The summed E-state index contributed by atoms with van der Waals surface area (Å²) in [5.74, 6) is 1.07. The van der Waals surface area contributed by atoms with Crippen molar-refractivity contribution in [1.82, 2.24) is 0 Å². The van der Waals surface area contributed by atoms with Crippen molar-refractivity contribution >= 4 is 9.84 Å². The highest BCUT2D eigenvalue weighted by Crippen LogP contribution is 2.29. The zero-order chi connectivity index (χ0) is 14.8. The van der Waals surface area contributed by atoms with Gasteiger partial charge in [0.1, 0.15) is 11.5 Å². The SMILES string of the molecule is C[C@@H](O)c1ccccc1Oc1ccc(S(C)(=O)=O)cc1. The number of ether oxygens (including phenoxy) is 1. The second-order valence-electron chi connectivity index (χ2n) is 4.56. The quantitative estimate of drug-likeness (QED) is 0.941. The van der Waals surface area contributed by atoms with Gasteiger partial charge in [0, 0.05) is 11.8 Å². The Kier molecular flexibility index (Phi) is 4.11. The number of aliphatic hydroxyl groups excluding tert-OH is 1. The van der Waals surface area contributed by atoms with Crippen LogP contribution in [0.3, 0.4) is 0 Å². The zero-order valence-corrected chi connectivity index (χ0v) is 12.1. The summed E-state index contributed by atoms with van der Waals surface area (Å²) in [6.45, 7) is 1.66. The molecule has 2 aromatic rings. The molecule has 0 unspecified atom stereocenters. The van der Waals surface area contributed by atoms with Crippen molar-refractivity contribution in [2.75, 3.05) is 6.26 Å². The average Bonchev–Trinajstić information content (AvgIpc) is 2.38. The molecule has 0 aliphatic carbocycles. The van der Waals surface area contributed by atoms with E-state index in [1.165, 1.54) is 12.1 Å². The van der Waals surface area contributed by atoms with E-state index in [4.69, 9.17) is 4.74 Å². The van der Waals surface area contributed by atoms with E-state index in [2.05, 4.69) is 0 Å². The van der Waals surface area contributed by atoms with Crippen molar-refractivity contribution in [3.63, 3.8) is 0 Å². The van der Waals surface area contributed by atoms with E-state index in [-0.39, 0.29) is 4.90 Å². The fraction of sp³-hybridized carbons (Fsp3) is 0.200. The van der Waals surface area contributed by atoms with Crippen molar-refractivity contribution < 1.29 is 18.3 Å². The van der Waals surface area contributed by atoms with Gasteiger partial charge in [0.05, 0.1) is 11.0 Å². The highest BCUT2D eigenvalue weighted by molar-refractivity contribution is 7.90. The minimum Gasteiger partial charge on any atom is -0.457 e. The molecule has 0 aliphatic heterocycles. The van der Waals surface area contributed by atoms with Gasteiger partial charge in [-0.25, -0.2) is 8.42 Å². The first-order valence-electron chi connectivity index (χ1n) is 6.13. The minimum absolute atomic E-state index is 0.244. The zero-order valence-electron chi connectivity index (χ0n) is 11.3. The number of hydrogen-bond acceptors (Lipinski definition) is 4. The first-order chi connectivity index (χ1) is 9.38. The van der Waals surface area contributed by atoms with E-state index in [9.17, 15) is 13.5 Å². The molecule has 0 heterocycles. The summed E-state index contributed by atoms with van der Waals surface area (Å²) in [6, 6.07) is 13.3. The second-order valence-corrected chi connectivity index (χ2v) is 6.58. The van der Waals surface area contributed by atoms with Crippen LogP contribution in [-0.2, 0) is 9.84 Å². The molecule has 0 amide bonds. The maximum Gasteiger partial charge on any atom is 0.175 e. The van der Waals surface area contributed by atoms with Gasteiger partial charge in [-0.2, -0.15) is 0 Å². The number of rotatable bonds is 4. The molecule has 5 heteroatoms. The molecule has 0 aliphatic rings. The van der Waals surface area contributed by atoms with Crippen LogP contribution in [0, 0.1) is 0 Å². The Morgan fingerprint density at radius 2 is 1.65 bits per heavy atom. The van der Waals surface area contributed by atoms with Crippen molar-refractivity contribution in [2.45, 2.75) is 17.9 Å². The Labute approximate surface area is 118 Å².